The molecule has 0 aliphatic rings. The predicted molar refractivity (Wildman–Crippen MR) is 82.1 cm³/mol. The monoisotopic (exact) mass is 381 g/mol. The first-order chi connectivity index (χ1) is 11.0. The Balaban J connectivity index is 2.18. The second-order valence-corrected chi connectivity index (χ2v) is 7.99. The van der Waals surface area contributed by atoms with Gasteiger partial charge in [-0.15, -0.1) is 10.2 Å². The van der Waals surface area contributed by atoms with E-state index in [4.69, 9.17) is 5.84 Å². The van der Waals surface area contributed by atoms with E-state index in [1.807, 2.05) is 0 Å². The van der Waals surface area contributed by atoms with Crippen molar-refractivity contribution >= 4 is 21.8 Å². The number of sulfonamides is 1. The molecular formula is C12H14F3N5O2S2. The fourth-order valence-electron chi connectivity index (χ4n) is 1.72. The number of nitrogen functional groups attached to an aromatic ring is 1. The first kappa shape index (κ1) is 18.5. The quantitative estimate of drug-likeness (QED) is 0.624. The van der Waals surface area contributed by atoms with Crippen molar-refractivity contribution in [2.24, 2.45) is 0 Å². The van der Waals surface area contributed by atoms with Gasteiger partial charge in [0, 0.05) is 19.8 Å². The molecule has 0 aliphatic heterocycles. The maximum absolute atomic E-state index is 12.6. The molecule has 1 heterocycles. The van der Waals surface area contributed by atoms with Gasteiger partial charge in [0.1, 0.15) is 0 Å². The van der Waals surface area contributed by atoms with Crippen LogP contribution in [0.2, 0.25) is 0 Å². The fourth-order valence-corrected chi connectivity index (χ4v) is 3.50. The minimum absolute atomic E-state index is 0.0933. The minimum atomic E-state index is -4.69. The number of aromatic nitrogens is 3. The zero-order chi connectivity index (χ0) is 18.1. The Morgan fingerprint density at radius 3 is 2.50 bits per heavy atom. The van der Waals surface area contributed by atoms with Gasteiger partial charge in [0.15, 0.2) is 0 Å². The molecule has 0 atom stereocenters. The van der Waals surface area contributed by atoms with Crippen LogP contribution in [0.1, 0.15) is 11.4 Å². The van der Waals surface area contributed by atoms with Gasteiger partial charge in [0.05, 0.1) is 4.90 Å². The number of hydrogen-bond donors (Lipinski definition) is 1. The summed E-state index contributed by atoms with van der Waals surface area (Å²) in [7, 11) is -0.770. The number of halogens is 3. The van der Waals surface area contributed by atoms with Crippen molar-refractivity contribution < 1.29 is 21.6 Å². The molecule has 0 spiro atoms. The molecule has 2 rings (SSSR count). The highest BCUT2D eigenvalue weighted by Gasteiger charge is 2.38. The van der Waals surface area contributed by atoms with Crippen LogP contribution in [0.5, 0.6) is 0 Å². The second kappa shape index (κ2) is 6.61. The zero-order valence-corrected chi connectivity index (χ0v) is 14.3. The van der Waals surface area contributed by atoms with Gasteiger partial charge in [0.2, 0.25) is 15.2 Å². The third kappa shape index (κ3) is 3.82. The van der Waals surface area contributed by atoms with Crippen LogP contribution in [-0.2, 0) is 22.0 Å². The van der Waals surface area contributed by atoms with Crippen molar-refractivity contribution in [3.8, 4) is 0 Å². The van der Waals surface area contributed by atoms with Crippen LogP contribution in [0.25, 0.3) is 0 Å². The lowest BCUT2D eigenvalue weighted by Gasteiger charge is -2.12. The molecule has 0 amide bonds. The minimum Gasteiger partial charge on any atom is -0.335 e. The topological polar surface area (TPSA) is 94.1 Å². The summed E-state index contributed by atoms with van der Waals surface area (Å²) in [6.45, 7) is 0. The summed E-state index contributed by atoms with van der Waals surface area (Å²) in [6.07, 6.45) is -4.69. The van der Waals surface area contributed by atoms with Crippen LogP contribution in [-0.4, -0.2) is 41.7 Å². The van der Waals surface area contributed by atoms with Crippen molar-refractivity contribution in [3.63, 3.8) is 0 Å². The molecule has 0 bridgehead atoms. The molecular weight excluding hydrogens is 367 g/mol. The largest absolute Gasteiger partial charge is 0.453 e. The van der Waals surface area contributed by atoms with Crippen molar-refractivity contribution in [1.29, 1.82) is 0 Å². The zero-order valence-electron chi connectivity index (χ0n) is 12.6. The maximum Gasteiger partial charge on any atom is 0.453 e. The highest BCUT2D eigenvalue weighted by atomic mass is 32.2. The summed E-state index contributed by atoms with van der Waals surface area (Å²) in [5.74, 6) is 4.23. The van der Waals surface area contributed by atoms with Gasteiger partial charge >= 0.3 is 6.18 Å². The molecule has 2 aromatic rings. The summed E-state index contributed by atoms with van der Waals surface area (Å²) in [5, 5.41) is 6.30. The molecule has 0 aliphatic carbocycles. The lowest BCUT2D eigenvalue weighted by molar-refractivity contribution is -0.146. The lowest BCUT2D eigenvalue weighted by Crippen LogP contribution is -2.22. The van der Waals surface area contributed by atoms with Crippen LogP contribution in [0.4, 0.5) is 13.2 Å². The SMILES string of the molecule is CN(C)S(=O)(=O)c1cccc(CSc2nnc(C(F)(F)F)n2N)c1. The van der Waals surface area contributed by atoms with E-state index in [9.17, 15) is 21.6 Å². The fraction of sp³-hybridized carbons (Fsp3) is 0.333. The summed E-state index contributed by atoms with van der Waals surface area (Å²) < 4.78 is 63.4. The van der Waals surface area contributed by atoms with Crippen LogP contribution in [0, 0.1) is 0 Å². The van der Waals surface area contributed by atoms with Crippen molar-refractivity contribution in [1.82, 2.24) is 19.2 Å². The van der Waals surface area contributed by atoms with Gasteiger partial charge in [-0.05, 0) is 17.7 Å². The van der Waals surface area contributed by atoms with E-state index in [0.29, 0.717) is 10.2 Å². The Morgan fingerprint density at radius 1 is 1.29 bits per heavy atom. The summed E-state index contributed by atoms with van der Waals surface area (Å²) in [6, 6.07) is 6.10. The van der Waals surface area contributed by atoms with Gasteiger partial charge in [0.25, 0.3) is 5.82 Å². The highest BCUT2D eigenvalue weighted by molar-refractivity contribution is 7.98. The van der Waals surface area contributed by atoms with Crippen LogP contribution in [0.3, 0.4) is 0 Å². The highest BCUT2D eigenvalue weighted by Crippen LogP contribution is 2.30. The third-order valence-corrected chi connectivity index (χ3v) is 5.79. The predicted octanol–water partition coefficient (Wildman–Crippen LogP) is 1.55. The number of nitrogens with two attached hydrogens (primary N) is 1. The van der Waals surface area contributed by atoms with Crippen LogP contribution < -0.4 is 5.84 Å². The average molecular weight is 381 g/mol. The summed E-state index contributed by atoms with van der Waals surface area (Å²) in [4.78, 5) is 0.0933. The normalized spacial score (nSPS) is 12.8. The molecule has 0 saturated heterocycles. The number of nitrogens with zero attached hydrogens (tertiary/aromatic N) is 4. The third-order valence-electron chi connectivity index (χ3n) is 2.96. The molecule has 12 heteroatoms. The molecule has 24 heavy (non-hydrogen) atoms. The summed E-state index contributed by atoms with van der Waals surface area (Å²) >= 11 is 0.921. The molecule has 1 aromatic carbocycles. The van der Waals surface area contributed by atoms with Gasteiger partial charge in [-0.1, -0.05) is 23.9 Å². The van der Waals surface area contributed by atoms with E-state index in [2.05, 4.69) is 10.2 Å². The molecule has 0 fully saturated rings. The first-order valence-electron chi connectivity index (χ1n) is 6.45. The van der Waals surface area contributed by atoms with Gasteiger partial charge in [-0.3, -0.25) is 0 Å². The van der Waals surface area contributed by atoms with E-state index in [0.717, 1.165) is 16.1 Å². The average Bonchev–Trinajstić information content (AvgIpc) is 2.86. The molecule has 132 valence electrons. The first-order valence-corrected chi connectivity index (χ1v) is 8.88. The Bertz CT molecular complexity index is 833. The molecule has 7 nitrogen and oxygen atoms in total. The molecule has 0 unspecified atom stereocenters. The standard InChI is InChI=1S/C12H14F3N5O2S2/c1-19(2)24(21,22)9-5-3-4-8(6-9)7-23-11-18-17-10(20(11)16)12(13,14)15/h3-6H,7,16H2,1-2H3. The molecule has 0 saturated carbocycles. The van der Waals surface area contributed by atoms with E-state index in [1.54, 1.807) is 12.1 Å². The Morgan fingerprint density at radius 2 is 1.96 bits per heavy atom. The second-order valence-electron chi connectivity index (χ2n) is 4.90. The van der Waals surface area contributed by atoms with Crippen molar-refractivity contribution in [2.75, 3.05) is 19.9 Å². The number of alkyl halides is 3. The summed E-state index contributed by atoms with van der Waals surface area (Å²) in [5.41, 5.74) is 0.597. The van der Waals surface area contributed by atoms with E-state index < -0.39 is 22.0 Å². The Hall–Kier alpha value is -1.79. The van der Waals surface area contributed by atoms with Crippen LogP contribution in [0.15, 0.2) is 34.3 Å². The number of rotatable bonds is 5. The smallest absolute Gasteiger partial charge is 0.335 e. The van der Waals surface area contributed by atoms with E-state index in [-0.39, 0.29) is 15.8 Å². The Labute approximate surface area is 140 Å². The van der Waals surface area contributed by atoms with Gasteiger partial charge < -0.3 is 5.84 Å². The lowest BCUT2D eigenvalue weighted by atomic mass is 10.2. The number of thioether (sulfide) groups is 1. The molecule has 2 N–H and O–H groups in total. The van der Waals surface area contributed by atoms with Crippen molar-refractivity contribution in [2.45, 2.75) is 22.0 Å². The van der Waals surface area contributed by atoms with E-state index >= 15 is 0 Å². The maximum atomic E-state index is 12.6. The van der Waals surface area contributed by atoms with Crippen LogP contribution >= 0.6 is 11.8 Å². The van der Waals surface area contributed by atoms with Gasteiger partial charge in [-0.25, -0.2) is 17.4 Å². The van der Waals surface area contributed by atoms with Crippen molar-refractivity contribution in [3.05, 3.63) is 35.7 Å². The van der Waals surface area contributed by atoms with E-state index in [1.165, 1.54) is 26.2 Å². The number of benzene rings is 1. The molecule has 1 aromatic heterocycles. The number of hydrogen-bond acceptors (Lipinski definition) is 6. The van der Waals surface area contributed by atoms with Gasteiger partial charge in [-0.2, -0.15) is 13.2 Å². The molecule has 0 radical (unpaired) electrons. The Kier molecular flexibility index (Phi) is 5.11.